The lowest BCUT2D eigenvalue weighted by molar-refractivity contribution is -0.139. The first kappa shape index (κ1) is 20.0. The monoisotopic (exact) mass is 429 g/mol. The number of hydrogen-bond donors (Lipinski definition) is 2. The normalized spacial score (nSPS) is 15.9. The Morgan fingerprint density at radius 3 is 2.58 bits per heavy atom. The first-order chi connectivity index (χ1) is 14.9. The van der Waals surface area contributed by atoms with Gasteiger partial charge in [-0.1, -0.05) is 18.2 Å². The molecule has 31 heavy (non-hydrogen) atoms. The number of benzene rings is 1. The van der Waals surface area contributed by atoms with E-state index in [1.54, 1.807) is 25.4 Å². The lowest BCUT2D eigenvalue weighted by Gasteiger charge is -2.27. The molecule has 162 valence electrons. The van der Waals surface area contributed by atoms with Crippen LogP contribution in [-0.4, -0.2) is 62.1 Å². The summed E-state index contributed by atoms with van der Waals surface area (Å²) in [5, 5.41) is 3.98. The van der Waals surface area contributed by atoms with E-state index >= 15 is 0 Å². The third kappa shape index (κ3) is 3.55. The number of aryl methyl sites for hydroxylation is 1. The van der Waals surface area contributed by atoms with Crippen molar-refractivity contribution in [1.29, 1.82) is 0 Å². The summed E-state index contributed by atoms with van der Waals surface area (Å²) in [7, 11) is 0. The van der Waals surface area contributed by atoms with Gasteiger partial charge in [0.25, 0.3) is 0 Å². The second-order valence-electron chi connectivity index (χ2n) is 7.74. The minimum atomic E-state index is -4.62. The number of nitrogens with one attached hydrogen (secondary N) is 2. The molecule has 2 N–H and O–H groups in total. The molecule has 10 heteroatoms. The molecule has 1 fully saturated rings. The van der Waals surface area contributed by atoms with Crippen molar-refractivity contribution in [3.05, 3.63) is 41.9 Å². The number of H-pyrrole nitrogens is 1. The molecule has 4 heterocycles. The molecule has 1 aliphatic heterocycles. The lowest BCUT2D eigenvalue weighted by Crippen LogP contribution is -2.44. The fraction of sp³-hybridized carbons (Fsp3) is 0.381. The summed E-state index contributed by atoms with van der Waals surface area (Å²) >= 11 is 0. The third-order valence-corrected chi connectivity index (χ3v) is 5.74. The predicted molar refractivity (Wildman–Crippen MR) is 112 cm³/mol. The number of pyridine rings is 1. The lowest BCUT2D eigenvalue weighted by atomic mass is 10.1. The van der Waals surface area contributed by atoms with Crippen LogP contribution in [0, 0.1) is 6.92 Å². The molecule has 1 aliphatic rings. The molecular weight excluding hydrogens is 407 g/mol. The number of alkyl halides is 3. The minimum absolute atomic E-state index is 0.141. The largest absolute Gasteiger partial charge is 0.435 e. The van der Waals surface area contributed by atoms with Crippen molar-refractivity contribution in [3.8, 4) is 11.6 Å². The Hall–Kier alpha value is -2.98. The minimum Gasteiger partial charge on any atom is -0.342 e. The summed E-state index contributed by atoms with van der Waals surface area (Å²) < 4.78 is 43.8. The van der Waals surface area contributed by atoms with Gasteiger partial charge in [0.2, 0.25) is 0 Å². The Kier molecular flexibility index (Phi) is 4.90. The van der Waals surface area contributed by atoms with Gasteiger partial charge in [0.05, 0.1) is 11.0 Å². The number of piperazine rings is 1. The second-order valence-corrected chi connectivity index (χ2v) is 7.74. The Morgan fingerprint density at radius 2 is 1.87 bits per heavy atom. The molecular formula is C21H22F3N7. The van der Waals surface area contributed by atoms with Crippen LogP contribution >= 0.6 is 0 Å². The summed E-state index contributed by atoms with van der Waals surface area (Å²) in [5.74, 6) is 0.821. The van der Waals surface area contributed by atoms with E-state index in [9.17, 15) is 13.2 Å². The Bertz CT molecular complexity index is 1220. The van der Waals surface area contributed by atoms with Crippen molar-refractivity contribution in [2.75, 3.05) is 32.7 Å². The summed E-state index contributed by atoms with van der Waals surface area (Å²) in [5.41, 5.74) is 0.383. The SMILES string of the molecule is Cc1cccc2c1nc(C(F)(F)F)c1nc(-c3ncc[nH]3)n(CCN3CCNCC3)c12. The summed E-state index contributed by atoms with van der Waals surface area (Å²) in [6, 6.07) is 5.43. The van der Waals surface area contributed by atoms with Gasteiger partial charge in [-0.05, 0) is 12.5 Å². The van der Waals surface area contributed by atoms with E-state index in [1.165, 1.54) is 0 Å². The van der Waals surface area contributed by atoms with Crippen molar-refractivity contribution in [2.24, 2.45) is 0 Å². The fourth-order valence-electron chi connectivity index (χ4n) is 4.21. The fourth-order valence-corrected chi connectivity index (χ4v) is 4.21. The zero-order valence-electron chi connectivity index (χ0n) is 17.0. The van der Waals surface area contributed by atoms with Gasteiger partial charge in [-0.2, -0.15) is 13.2 Å². The first-order valence-electron chi connectivity index (χ1n) is 10.2. The van der Waals surface area contributed by atoms with Gasteiger partial charge in [0.15, 0.2) is 17.3 Å². The van der Waals surface area contributed by atoms with Crippen LogP contribution < -0.4 is 5.32 Å². The Balaban J connectivity index is 1.77. The number of fused-ring (bicyclic) bond motifs is 3. The molecule has 0 unspecified atom stereocenters. The maximum atomic E-state index is 14.0. The van der Waals surface area contributed by atoms with Crippen LogP contribution in [0.4, 0.5) is 13.2 Å². The molecule has 7 nitrogen and oxygen atoms in total. The predicted octanol–water partition coefficient (Wildman–Crippen LogP) is 3.21. The van der Waals surface area contributed by atoms with Crippen LogP contribution in [0.3, 0.4) is 0 Å². The molecule has 3 aromatic heterocycles. The molecule has 1 saturated heterocycles. The number of imidazole rings is 2. The van der Waals surface area contributed by atoms with Crippen LogP contribution in [0.25, 0.3) is 33.6 Å². The van der Waals surface area contributed by atoms with Gasteiger partial charge in [-0.25, -0.2) is 15.0 Å². The highest BCUT2D eigenvalue weighted by Gasteiger charge is 2.38. The first-order valence-corrected chi connectivity index (χ1v) is 10.2. The standard InChI is InChI=1S/C21H22F3N7/c1-13-3-2-4-14-15(13)28-18(21(22,23)24)16-17(14)31(12-11-30-9-7-25-8-10-30)20(29-16)19-26-5-6-27-19/h2-6,25H,7-12H2,1H3,(H,26,27). The van der Waals surface area contributed by atoms with Crippen LogP contribution in [0.2, 0.25) is 0 Å². The number of rotatable bonds is 4. The van der Waals surface area contributed by atoms with E-state index in [0.717, 1.165) is 26.2 Å². The molecule has 0 spiro atoms. The topological polar surface area (TPSA) is 74.7 Å². The molecule has 0 bridgehead atoms. The maximum Gasteiger partial charge on any atom is 0.435 e. The Morgan fingerprint density at radius 1 is 1.06 bits per heavy atom. The van der Waals surface area contributed by atoms with Crippen LogP contribution in [0.1, 0.15) is 11.3 Å². The van der Waals surface area contributed by atoms with E-state index < -0.39 is 11.9 Å². The third-order valence-electron chi connectivity index (χ3n) is 5.74. The molecule has 0 radical (unpaired) electrons. The van der Waals surface area contributed by atoms with Crippen molar-refractivity contribution in [2.45, 2.75) is 19.6 Å². The molecule has 0 aliphatic carbocycles. The van der Waals surface area contributed by atoms with Gasteiger partial charge < -0.3 is 14.9 Å². The van der Waals surface area contributed by atoms with Crippen LogP contribution in [0.5, 0.6) is 0 Å². The molecule has 0 atom stereocenters. The van der Waals surface area contributed by atoms with Crippen molar-refractivity contribution in [3.63, 3.8) is 0 Å². The maximum absolute atomic E-state index is 14.0. The second kappa shape index (κ2) is 7.61. The van der Waals surface area contributed by atoms with Crippen LogP contribution in [-0.2, 0) is 12.7 Å². The number of hydrogen-bond acceptors (Lipinski definition) is 5. The van der Waals surface area contributed by atoms with E-state index in [2.05, 4.69) is 30.2 Å². The van der Waals surface area contributed by atoms with Gasteiger partial charge in [0.1, 0.15) is 5.52 Å². The number of aromatic nitrogens is 5. The number of aromatic amines is 1. The molecule has 0 amide bonds. The van der Waals surface area contributed by atoms with Crippen molar-refractivity contribution in [1.82, 2.24) is 34.7 Å². The summed E-state index contributed by atoms with van der Waals surface area (Å²) in [6.45, 7) is 6.58. The van der Waals surface area contributed by atoms with Crippen molar-refractivity contribution >= 4 is 21.9 Å². The number of nitrogens with zero attached hydrogens (tertiary/aromatic N) is 5. The summed E-state index contributed by atoms with van der Waals surface area (Å²) in [4.78, 5) is 18.0. The van der Waals surface area contributed by atoms with Gasteiger partial charge in [0, 0.05) is 57.0 Å². The van der Waals surface area contributed by atoms with E-state index in [4.69, 9.17) is 0 Å². The highest BCUT2D eigenvalue weighted by Crippen LogP contribution is 2.38. The highest BCUT2D eigenvalue weighted by molar-refractivity contribution is 6.05. The van der Waals surface area contributed by atoms with E-state index in [0.29, 0.717) is 46.7 Å². The Labute approximate surface area is 176 Å². The zero-order chi connectivity index (χ0) is 21.6. The van der Waals surface area contributed by atoms with Crippen molar-refractivity contribution < 1.29 is 13.2 Å². The van der Waals surface area contributed by atoms with Gasteiger partial charge >= 0.3 is 6.18 Å². The van der Waals surface area contributed by atoms with Gasteiger partial charge in [-0.15, -0.1) is 0 Å². The average molecular weight is 429 g/mol. The molecule has 5 rings (SSSR count). The zero-order valence-corrected chi connectivity index (χ0v) is 17.0. The van der Waals surface area contributed by atoms with Gasteiger partial charge in [-0.3, -0.25) is 4.90 Å². The number of halogens is 3. The quantitative estimate of drug-likeness (QED) is 0.521. The van der Waals surface area contributed by atoms with Crippen LogP contribution in [0.15, 0.2) is 30.6 Å². The summed E-state index contributed by atoms with van der Waals surface area (Å²) in [6.07, 6.45) is -1.41. The average Bonchev–Trinajstić information content (AvgIpc) is 3.40. The molecule has 4 aromatic rings. The smallest absolute Gasteiger partial charge is 0.342 e. The molecule has 1 aromatic carbocycles. The molecule has 0 saturated carbocycles. The number of para-hydroxylation sites is 1. The highest BCUT2D eigenvalue weighted by atomic mass is 19.4. The van der Waals surface area contributed by atoms with E-state index in [1.807, 2.05) is 16.7 Å². The van der Waals surface area contributed by atoms with E-state index in [-0.39, 0.29) is 5.52 Å².